The molecule has 0 atom stereocenters. The lowest BCUT2D eigenvalue weighted by Crippen LogP contribution is -2.40. The maximum Gasteiger partial charge on any atom is 0.225 e. The maximum absolute atomic E-state index is 11.8. The SMILES string of the molecule is CC(=O)N(c1ccc(C)cn1)C1CCCCC1. The first-order chi connectivity index (χ1) is 8.18. The zero-order valence-corrected chi connectivity index (χ0v) is 10.6. The van der Waals surface area contributed by atoms with Crippen molar-refractivity contribution in [1.82, 2.24) is 4.98 Å². The van der Waals surface area contributed by atoms with Gasteiger partial charge in [-0.2, -0.15) is 0 Å². The summed E-state index contributed by atoms with van der Waals surface area (Å²) in [5, 5.41) is 0. The molecule has 0 aliphatic heterocycles. The van der Waals surface area contributed by atoms with Crippen LogP contribution in [-0.4, -0.2) is 16.9 Å². The molecule has 1 aliphatic carbocycles. The summed E-state index contributed by atoms with van der Waals surface area (Å²) < 4.78 is 0. The number of nitrogens with zero attached hydrogens (tertiary/aromatic N) is 2. The topological polar surface area (TPSA) is 33.2 Å². The Morgan fingerprint density at radius 3 is 2.53 bits per heavy atom. The quantitative estimate of drug-likeness (QED) is 0.785. The van der Waals surface area contributed by atoms with Gasteiger partial charge in [0.15, 0.2) is 0 Å². The molecule has 0 aromatic carbocycles. The molecule has 17 heavy (non-hydrogen) atoms. The van der Waals surface area contributed by atoms with Crippen LogP contribution in [0.3, 0.4) is 0 Å². The van der Waals surface area contributed by atoms with Crippen molar-refractivity contribution in [2.75, 3.05) is 4.90 Å². The molecule has 1 aliphatic rings. The van der Waals surface area contributed by atoms with Crippen molar-refractivity contribution in [3.05, 3.63) is 23.9 Å². The second-order valence-electron chi connectivity index (χ2n) is 4.87. The van der Waals surface area contributed by atoms with E-state index in [1.54, 1.807) is 6.92 Å². The number of carbonyl (C=O) groups excluding carboxylic acids is 1. The average molecular weight is 232 g/mol. The molecule has 1 heterocycles. The highest BCUT2D eigenvalue weighted by Gasteiger charge is 2.25. The number of rotatable bonds is 2. The molecule has 0 saturated heterocycles. The van der Waals surface area contributed by atoms with Gasteiger partial charge in [0.1, 0.15) is 5.82 Å². The van der Waals surface area contributed by atoms with Gasteiger partial charge in [-0.05, 0) is 31.4 Å². The van der Waals surface area contributed by atoms with Crippen LogP contribution in [0.25, 0.3) is 0 Å². The molecule has 0 unspecified atom stereocenters. The van der Waals surface area contributed by atoms with E-state index < -0.39 is 0 Å². The Bertz CT molecular complexity index is 380. The van der Waals surface area contributed by atoms with Crippen LogP contribution in [0.4, 0.5) is 5.82 Å². The Balaban J connectivity index is 2.21. The Labute approximate surface area is 103 Å². The number of aromatic nitrogens is 1. The van der Waals surface area contributed by atoms with E-state index in [2.05, 4.69) is 4.98 Å². The van der Waals surface area contributed by atoms with Gasteiger partial charge in [-0.25, -0.2) is 4.98 Å². The van der Waals surface area contributed by atoms with Gasteiger partial charge in [-0.1, -0.05) is 25.3 Å². The summed E-state index contributed by atoms with van der Waals surface area (Å²) in [6.45, 7) is 3.64. The predicted molar refractivity (Wildman–Crippen MR) is 69.0 cm³/mol. The molecule has 0 spiro atoms. The largest absolute Gasteiger partial charge is 0.294 e. The lowest BCUT2D eigenvalue weighted by Gasteiger charge is -2.32. The van der Waals surface area contributed by atoms with Crippen molar-refractivity contribution in [2.24, 2.45) is 0 Å². The molecule has 3 heteroatoms. The number of hydrogen-bond donors (Lipinski definition) is 0. The van der Waals surface area contributed by atoms with Crippen molar-refractivity contribution in [1.29, 1.82) is 0 Å². The summed E-state index contributed by atoms with van der Waals surface area (Å²) in [5.41, 5.74) is 1.13. The molecule has 3 nitrogen and oxygen atoms in total. The average Bonchev–Trinajstić information content (AvgIpc) is 2.33. The molecular weight excluding hydrogens is 212 g/mol. The van der Waals surface area contributed by atoms with Gasteiger partial charge < -0.3 is 0 Å². The normalized spacial score (nSPS) is 16.8. The van der Waals surface area contributed by atoms with E-state index in [4.69, 9.17) is 0 Å². The first-order valence-corrected chi connectivity index (χ1v) is 6.41. The molecule has 92 valence electrons. The van der Waals surface area contributed by atoms with Gasteiger partial charge in [0.05, 0.1) is 0 Å². The summed E-state index contributed by atoms with van der Waals surface area (Å²) in [6, 6.07) is 4.31. The van der Waals surface area contributed by atoms with Crippen LogP contribution >= 0.6 is 0 Å². The molecule has 1 fully saturated rings. The summed E-state index contributed by atoms with van der Waals surface area (Å²) in [4.78, 5) is 18.1. The summed E-state index contributed by atoms with van der Waals surface area (Å²) in [5.74, 6) is 0.906. The first kappa shape index (κ1) is 12.1. The van der Waals surface area contributed by atoms with E-state index in [0.29, 0.717) is 6.04 Å². The van der Waals surface area contributed by atoms with Gasteiger partial charge in [-0.15, -0.1) is 0 Å². The van der Waals surface area contributed by atoms with Gasteiger partial charge in [0.2, 0.25) is 5.91 Å². The van der Waals surface area contributed by atoms with E-state index in [-0.39, 0.29) is 5.91 Å². The summed E-state index contributed by atoms with van der Waals surface area (Å²) in [7, 11) is 0. The van der Waals surface area contributed by atoms with Crippen LogP contribution < -0.4 is 4.90 Å². The van der Waals surface area contributed by atoms with Crippen LogP contribution in [0.5, 0.6) is 0 Å². The maximum atomic E-state index is 11.8. The minimum absolute atomic E-state index is 0.105. The number of pyridine rings is 1. The van der Waals surface area contributed by atoms with Crippen molar-refractivity contribution >= 4 is 11.7 Å². The third-order valence-corrected chi connectivity index (χ3v) is 3.42. The molecule has 1 amide bonds. The smallest absolute Gasteiger partial charge is 0.225 e. The lowest BCUT2D eigenvalue weighted by atomic mass is 9.94. The van der Waals surface area contributed by atoms with Crippen LogP contribution in [-0.2, 0) is 4.79 Å². The standard InChI is InChI=1S/C14H20N2O/c1-11-8-9-14(15-10-11)16(12(2)17)13-6-4-3-5-7-13/h8-10,13H,3-7H2,1-2H3. The molecule has 0 N–H and O–H groups in total. The summed E-state index contributed by atoms with van der Waals surface area (Å²) in [6.07, 6.45) is 7.78. The third-order valence-electron chi connectivity index (χ3n) is 3.42. The molecule has 1 aromatic rings. The molecular formula is C14H20N2O. The van der Waals surface area contributed by atoms with Crippen molar-refractivity contribution in [2.45, 2.75) is 52.0 Å². The Morgan fingerprint density at radius 2 is 2.00 bits per heavy atom. The van der Waals surface area contributed by atoms with E-state index in [0.717, 1.165) is 24.2 Å². The third kappa shape index (κ3) is 2.84. The number of hydrogen-bond acceptors (Lipinski definition) is 2. The first-order valence-electron chi connectivity index (χ1n) is 6.41. The number of carbonyl (C=O) groups is 1. The second kappa shape index (κ2) is 5.30. The van der Waals surface area contributed by atoms with E-state index >= 15 is 0 Å². The molecule has 1 saturated carbocycles. The zero-order valence-electron chi connectivity index (χ0n) is 10.6. The van der Waals surface area contributed by atoms with Crippen LogP contribution in [0.2, 0.25) is 0 Å². The van der Waals surface area contributed by atoms with Gasteiger partial charge in [0, 0.05) is 19.2 Å². The van der Waals surface area contributed by atoms with E-state index in [9.17, 15) is 4.79 Å². The van der Waals surface area contributed by atoms with Crippen LogP contribution in [0.1, 0.15) is 44.6 Å². The molecule has 0 radical (unpaired) electrons. The number of amides is 1. The molecule has 0 bridgehead atoms. The van der Waals surface area contributed by atoms with E-state index in [1.165, 1.54) is 19.3 Å². The highest BCUT2D eigenvalue weighted by Crippen LogP contribution is 2.26. The zero-order chi connectivity index (χ0) is 12.3. The Hall–Kier alpha value is -1.38. The Morgan fingerprint density at radius 1 is 1.29 bits per heavy atom. The minimum atomic E-state index is 0.105. The van der Waals surface area contributed by atoms with Crippen molar-refractivity contribution in [3.63, 3.8) is 0 Å². The van der Waals surface area contributed by atoms with Crippen LogP contribution in [0.15, 0.2) is 18.3 Å². The number of anilines is 1. The second-order valence-corrected chi connectivity index (χ2v) is 4.87. The molecule has 2 rings (SSSR count). The highest BCUT2D eigenvalue weighted by molar-refractivity contribution is 5.91. The lowest BCUT2D eigenvalue weighted by molar-refractivity contribution is -0.117. The van der Waals surface area contributed by atoms with Crippen LogP contribution in [0, 0.1) is 6.92 Å². The monoisotopic (exact) mass is 232 g/mol. The van der Waals surface area contributed by atoms with E-state index in [1.807, 2.05) is 30.2 Å². The molecule has 1 aromatic heterocycles. The Kier molecular flexibility index (Phi) is 3.77. The fourth-order valence-electron chi connectivity index (χ4n) is 2.55. The summed E-state index contributed by atoms with van der Waals surface area (Å²) >= 11 is 0. The number of aryl methyl sites for hydroxylation is 1. The fourth-order valence-corrected chi connectivity index (χ4v) is 2.55. The minimum Gasteiger partial charge on any atom is -0.294 e. The fraction of sp³-hybridized carbons (Fsp3) is 0.571. The highest BCUT2D eigenvalue weighted by atomic mass is 16.2. The van der Waals surface area contributed by atoms with Gasteiger partial charge in [0.25, 0.3) is 0 Å². The van der Waals surface area contributed by atoms with Crippen molar-refractivity contribution in [3.8, 4) is 0 Å². The van der Waals surface area contributed by atoms with Gasteiger partial charge in [-0.3, -0.25) is 9.69 Å². The predicted octanol–water partition coefficient (Wildman–Crippen LogP) is 3.08. The van der Waals surface area contributed by atoms with Crippen molar-refractivity contribution < 1.29 is 4.79 Å². The van der Waals surface area contributed by atoms with Gasteiger partial charge >= 0.3 is 0 Å².